The van der Waals surface area contributed by atoms with Crippen molar-refractivity contribution in [2.75, 3.05) is 25.4 Å². The number of piperidine rings is 1. The molecule has 1 aromatic heterocycles. The van der Waals surface area contributed by atoms with Gasteiger partial charge in [-0.05, 0) is 38.8 Å². The lowest BCUT2D eigenvalue weighted by Crippen LogP contribution is -2.55. The fourth-order valence-corrected chi connectivity index (χ4v) is 4.28. The molecule has 3 rings (SSSR count). The third-order valence-corrected chi connectivity index (χ3v) is 5.57. The Labute approximate surface area is 129 Å². The summed E-state index contributed by atoms with van der Waals surface area (Å²) in [7, 11) is 0. The minimum absolute atomic E-state index is 0.0914. The van der Waals surface area contributed by atoms with Crippen molar-refractivity contribution >= 4 is 22.4 Å². The molecular weight excluding hydrogens is 284 g/mol. The normalized spacial score (nSPS) is 22.3. The van der Waals surface area contributed by atoms with Gasteiger partial charge >= 0.3 is 0 Å². The molecule has 2 heterocycles. The first kappa shape index (κ1) is 14.8. The molecule has 0 aromatic carbocycles. The van der Waals surface area contributed by atoms with Crippen LogP contribution in [-0.4, -0.2) is 41.0 Å². The summed E-state index contributed by atoms with van der Waals surface area (Å²) < 4.78 is 0. The minimum atomic E-state index is -0.0914. The molecule has 2 fully saturated rings. The van der Waals surface area contributed by atoms with E-state index in [1.807, 2.05) is 0 Å². The number of thiazole rings is 1. The second kappa shape index (κ2) is 6.32. The first-order chi connectivity index (χ1) is 10.2. The van der Waals surface area contributed by atoms with Crippen LogP contribution in [0.2, 0.25) is 0 Å². The van der Waals surface area contributed by atoms with E-state index in [2.05, 4.69) is 15.2 Å². The van der Waals surface area contributed by atoms with Crippen LogP contribution in [0.25, 0.3) is 0 Å². The maximum absolute atomic E-state index is 12.2. The lowest BCUT2D eigenvalue weighted by Gasteiger charge is -2.43. The molecule has 5 nitrogen and oxygen atoms in total. The smallest absolute Gasteiger partial charge is 0.270 e. The average Bonchev–Trinajstić information content (AvgIpc) is 3.16. The van der Waals surface area contributed by atoms with Gasteiger partial charge in [-0.2, -0.15) is 0 Å². The Morgan fingerprint density at radius 1 is 1.29 bits per heavy atom. The van der Waals surface area contributed by atoms with Crippen LogP contribution in [0.1, 0.15) is 55.4 Å². The molecule has 1 saturated carbocycles. The number of hydrogen-bond acceptors (Lipinski definition) is 5. The van der Waals surface area contributed by atoms with E-state index in [0.717, 1.165) is 6.54 Å². The molecule has 1 aliphatic heterocycles. The topological polar surface area (TPSA) is 71.2 Å². The van der Waals surface area contributed by atoms with Gasteiger partial charge < -0.3 is 11.1 Å². The Kier molecular flexibility index (Phi) is 4.45. The number of rotatable bonds is 4. The van der Waals surface area contributed by atoms with Gasteiger partial charge in [0.25, 0.3) is 5.91 Å². The van der Waals surface area contributed by atoms with E-state index in [4.69, 9.17) is 5.73 Å². The molecule has 0 bridgehead atoms. The Hall–Kier alpha value is -1.14. The lowest BCUT2D eigenvalue weighted by molar-refractivity contribution is 0.0641. The van der Waals surface area contributed by atoms with Crippen molar-refractivity contribution in [3.8, 4) is 0 Å². The quantitative estimate of drug-likeness (QED) is 0.895. The van der Waals surface area contributed by atoms with E-state index in [0.29, 0.717) is 10.8 Å². The largest absolute Gasteiger partial charge is 0.375 e. The van der Waals surface area contributed by atoms with Gasteiger partial charge in [0, 0.05) is 17.5 Å². The number of nitrogens with zero attached hydrogens (tertiary/aromatic N) is 2. The average molecular weight is 308 g/mol. The summed E-state index contributed by atoms with van der Waals surface area (Å²) in [6.45, 7) is 3.10. The number of aromatic nitrogens is 1. The number of hydrogen-bond donors (Lipinski definition) is 2. The van der Waals surface area contributed by atoms with E-state index in [-0.39, 0.29) is 11.4 Å². The van der Waals surface area contributed by atoms with E-state index in [9.17, 15) is 4.79 Å². The summed E-state index contributed by atoms with van der Waals surface area (Å²) in [6, 6.07) is 0. The van der Waals surface area contributed by atoms with Crippen LogP contribution in [0, 0.1) is 0 Å². The third-order valence-electron chi connectivity index (χ3n) is 4.89. The number of anilines is 1. The molecule has 2 aliphatic rings. The molecule has 116 valence electrons. The molecule has 0 spiro atoms. The highest BCUT2D eigenvalue weighted by Crippen LogP contribution is 2.36. The molecular formula is C15H24N4OS. The maximum Gasteiger partial charge on any atom is 0.270 e. The van der Waals surface area contributed by atoms with Gasteiger partial charge in [0.05, 0.1) is 0 Å². The summed E-state index contributed by atoms with van der Waals surface area (Å²) >= 11 is 1.31. The SMILES string of the molecule is Nc1nc(C(=O)NCC2(N3CCCCC3)CCCC2)cs1. The molecule has 3 N–H and O–H groups in total. The first-order valence-corrected chi connectivity index (χ1v) is 8.82. The highest BCUT2D eigenvalue weighted by molar-refractivity contribution is 7.13. The number of nitrogens with one attached hydrogen (secondary N) is 1. The van der Waals surface area contributed by atoms with Crippen LogP contribution in [-0.2, 0) is 0 Å². The van der Waals surface area contributed by atoms with Crippen LogP contribution >= 0.6 is 11.3 Å². The molecule has 0 radical (unpaired) electrons. The first-order valence-electron chi connectivity index (χ1n) is 7.94. The van der Waals surface area contributed by atoms with Gasteiger partial charge in [0.2, 0.25) is 0 Å². The molecule has 21 heavy (non-hydrogen) atoms. The second-order valence-corrected chi connectivity index (χ2v) is 7.12. The number of nitrogens with two attached hydrogens (primary N) is 1. The summed E-state index contributed by atoms with van der Waals surface area (Å²) in [5.74, 6) is -0.0914. The molecule has 0 unspecified atom stereocenters. The third kappa shape index (κ3) is 3.21. The molecule has 0 atom stereocenters. The molecule has 1 saturated heterocycles. The van der Waals surface area contributed by atoms with Gasteiger partial charge in [-0.15, -0.1) is 11.3 Å². The number of carbonyl (C=O) groups excluding carboxylic acids is 1. The van der Waals surface area contributed by atoms with Gasteiger partial charge in [0.1, 0.15) is 5.69 Å². The summed E-state index contributed by atoms with van der Waals surface area (Å²) in [5, 5.41) is 5.28. The van der Waals surface area contributed by atoms with Gasteiger partial charge in [-0.25, -0.2) is 4.98 Å². The minimum Gasteiger partial charge on any atom is -0.375 e. The Balaban J connectivity index is 1.64. The van der Waals surface area contributed by atoms with E-state index in [1.54, 1.807) is 5.38 Å². The van der Waals surface area contributed by atoms with Gasteiger partial charge in [-0.3, -0.25) is 9.69 Å². The molecule has 6 heteroatoms. The highest BCUT2D eigenvalue weighted by atomic mass is 32.1. The summed E-state index contributed by atoms with van der Waals surface area (Å²) in [6.07, 6.45) is 8.87. The van der Waals surface area contributed by atoms with Crippen molar-refractivity contribution in [3.63, 3.8) is 0 Å². The number of carbonyl (C=O) groups is 1. The second-order valence-electron chi connectivity index (χ2n) is 6.23. The van der Waals surface area contributed by atoms with Gasteiger partial charge in [0.15, 0.2) is 5.13 Å². The summed E-state index contributed by atoms with van der Waals surface area (Å²) in [4.78, 5) is 18.9. The van der Waals surface area contributed by atoms with Crippen molar-refractivity contribution in [1.82, 2.24) is 15.2 Å². The van der Waals surface area contributed by atoms with Crippen molar-refractivity contribution in [3.05, 3.63) is 11.1 Å². The lowest BCUT2D eigenvalue weighted by atomic mass is 9.92. The van der Waals surface area contributed by atoms with Crippen molar-refractivity contribution in [1.29, 1.82) is 0 Å². The van der Waals surface area contributed by atoms with Crippen LogP contribution in [0.5, 0.6) is 0 Å². The fourth-order valence-electron chi connectivity index (χ4n) is 3.73. The van der Waals surface area contributed by atoms with Crippen molar-refractivity contribution in [2.45, 2.75) is 50.5 Å². The Bertz CT molecular complexity index is 490. The molecule has 1 aromatic rings. The summed E-state index contributed by atoms with van der Waals surface area (Å²) in [5.41, 5.74) is 6.22. The maximum atomic E-state index is 12.2. The van der Waals surface area contributed by atoms with Crippen LogP contribution in [0.4, 0.5) is 5.13 Å². The van der Waals surface area contributed by atoms with E-state index < -0.39 is 0 Å². The van der Waals surface area contributed by atoms with E-state index in [1.165, 1.54) is 69.4 Å². The predicted octanol–water partition coefficient (Wildman–Crippen LogP) is 2.25. The van der Waals surface area contributed by atoms with Crippen LogP contribution < -0.4 is 11.1 Å². The van der Waals surface area contributed by atoms with Crippen molar-refractivity contribution in [2.24, 2.45) is 0 Å². The van der Waals surface area contributed by atoms with Crippen LogP contribution in [0.3, 0.4) is 0 Å². The zero-order chi connectivity index (χ0) is 14.7. The Morgan fingerprint density at radius 3 is 2.62 bits per heavy atom. The zero-order valence-corrected chi connectivity index (χ0v) is 13.3. The monoisotopic (exact) mass is 308 g/mol. The Morgan fingerprint density at radius 2 is 2.00 bits per heavy atom. The van der Waals surface area contributed by atoms with E-state index >= 15 is 0 Å². The fraction of sp³-hybridized carbons (Fsp3) is 0.733. The highest BCUT2D eigenvalue weighted by Gasteiger charge is 2.40. The van der Waals surface area contributed by atoms with Gasteiger partial charge in [-0.1, -0.05) is 19.3 Å². The molecule has 1 amide bonds. The number of amides is 1. The predicted molar refractivity (Wildman–Crippen MR) is 85.5 cm³/mol. The number of likely N-dealkylation sites (tertiary alicyclic amines) is 1. The zero-order valence-electron chi connectivity index (χ0n) is 12.4. The molecule has 1 aliphatic carbocycles. The van der Waals surface area contributed by atoms with Crippen LogP contribution in [0.15, 0.2) is 5.38 Å². The number of nitrogen functional groups attached to an aromatic ring is 1. The van der Waals surface area contributed by atoms with Crippen molar-refractivity contribution < 1.29 is 4.79 Å². The standard InChI is InChI=1S/C15H24N4OS/c16-14-18-12(10-21-14)13(20)17-11-15(6-2-3-7-15)19-8-4-1-5-9-19/h10H,1-9,11H2,(H2,16,18)(H,17,20).